The molecule has 0 unspecified atom stereocenters. The van der Waals surface area contributed by atoms with E-state index in [1.807, 2.05) is 0 Å². The molecule has 2 heteroatoms. The summed E-state index contributed by atoms with van der Waals surface area (Å²) in [4.78, 5) is 0. The topological polar surface area (TPSA) is 0 Å². The van der Waals surface area contributed by atoms with Gasteiger partial charge >= 0.3 is 16.5 Å². The number of hydrogen-bond donors (Lipinski definition) is 0. The SMILES string of the molecule is [I][Mg][CH]1CCCC1. The van der Waals surface area contributed by atoms with Crippen LogP contribution in [0.3, 0.4) is 0 Å². The highest BCUT2D eigenvalue weighted by atomic mass is 127. The first-order valence-corrected chi connectivity index (χ1v) is 8.92. The lowest BCUT2D eigenvalue weighted by Gasteiger charge is -1.96. The van der Waals surface area contributed by atoms with Crippen LogP contribution in [0.15, 0.2) is 0 Å². The molecule has 0 spiro atoms. The normalized spacial score (nSPS) is 22.4. The van der Waals surface area contributed by atoms with Gasteiger partial charge in [-0.05, 0) is 0 Å². The van der Waals surface area contributed by atoms with Crippen LogP contribution in [0.5, 0.6) is 0 Å². The molecule has 0 N–H and O–H groups in total. The average molecular weight is 220 g/mol. The van der Waals surface area contributed by atoms with Gasteiger partial charge in [-0.25, -0.2) is 0 Å². The second kappa shape index (κ2) is 3.51. The maximum absolute atomic E-state index is 2.63. The highest BCUT2D eigenvalue weighted by molar-refractivity contribution is 14.1. The number of hydrogen-bond acceptors (Lipinski definition) is 0. The zero-order chi connectivity index (χ0) is 5.11. The van der Waals surface area contributed by atoms with Crippen LogP contribution in [0, 0.1) is 0 Å². The molecular formula is C5H9IMg. The lowest BCUT2D eigenvalue weighted by Crippen LogP contribution is -1.87. The fourth-order valence-corrected chi connectivity index (χ4v) is 4.69. The minimum atomic E-state index is 0.360. The Morgan fingerprint density at radius 1 is 1.29 bits per heavy atom. The lowest BCUT2D eigenvalue weighted by molar-refractivity contribution is 0.878. The van der Waals surface area contributed by atoms with Gasteiger partial charge in [0, 0.05) is 0 Å². The molecule has 0 saturated heterocycles. The predicted molar refractivity (Wildman–Crippen MR) is 42.0 cm³/mol. The van der Waals surface area contributed by atoms with Gasteiger partial charge in [-0.1, -0.05) is 25.7 Å². The summed E-state index contributed by atoms with van der Waals surface area (Å²) in [7, 11) is 0. The molecule has 0 bridgehead atoms. The monoisotopic (exact) mass is 220 g/mol. The fraction of sp³-hybridized carbons (Fsp3) is 1.00. The standard InChI is InChI=1S/C5H9.HI.Mg/c1-2-4-5-3-1;;/h1H,2-5H2;1H;/q;;+1/p-1. The molecule has 0 nitrogen and oxygen atoms in total. The molecule has 0 amide bonds. The highest BCUT2D eigenvalue weighted by Crippen LogP contribution is 2.30. The van der Waals surface area contributed by atoms with Crippen LogP contribution in [-0.2, 0) is 0 Å². The minimum Gasteiger partial charge on any atom is -0.301 e. The Morgan fingerprint density at radius 2 is 1.86 bits per heavy atom. The Hall–Kier alpha value is 1.50. The van der Waals surface area contributed by atoms with E-state index in [-0.39, 0.29) is 0 Å². The Morgan fingerprint density at radius 3 is 2.14 bits per heavy atom. The van der Waals surface area contributed by atoms with Crippen LogP contribution < -0.4 is 0 Å². The van der Waals surface area contributed by atoms with Crippen molar-refractivity contribution in [2.24, 2.45) is 0 Å². The zero-order valence-electron chi connectivity index (χ0n) is 4.49. The van der Waals surface area contributed by atoms with Crippen molar-refractivity contribution in [3.05, 3.63) is 0 Å². The van der Waals surface area contributed by atoms with E-state index in [2.05, 4.69) is 18.9 Å². The van der Waals surface area contributed by atoms with Gasteiger partial charge in [-0.15, -0.1) is 4.05 Å². The molecule has 1 fully saturated rings. The maximum Gasteiger partial charge on any atom is 0.467 e. The van der Waals surface area contributed by atoms with Crippen molar-refractivity contribution in [2.45, 2.75) is 29.7 Å². The minimum absolute atomic E-state index is 0.360. The van der Waals surface area contributed by atoms with Crippen molar-refractivity contribution < 1.29 is 0 Å². The van der Waals surface area contributed by atoms with Gasteiger partial charge in [0.15, 0.2) is 0 Å². The van der Waals surface area contributed by atoms with Gasteiger partial charge in [0.2, 0.25) is 0 Å². The van der Waals surface area contributed by atoms with Gasteiger partial charge in [0.05, 0.1) is 0 Å². The molecule has 0 radical (unpaired) electrons. The quantitative estimate of drug-likeness (QED) is 0.470. The third-order valence-electron chi connectivity index (χ3n) is 1.69. The summed E-state index contributed by atoms with van der Waals surface area (Å²) in [6.07, 6.45) is 6.19. The van der Waals surface area contributed by atoms with Crippen LogP contribution in [0.25, 0.3) is 0 Å². The van der Waals surface area contributed by atoms with E-state index in [0.717, 1.165) is 0 Å². The zero-order valence-corrected chi connectivity index (χ0v) is 8.06. The molecule has 1 aliphatic rings. The van der Waals surface area contributed by atoms with Crippen LogP contribution in [0.2, 0.25) is 4.05 Å². The fourth-order valence-electron chi connectivity index (χ4n) is 1.16. The summed E-state index contributed by atoms with van der Waals surface area (Å²) >= 11 is 2.99. The molecule has 0 aliphatic heterocycles. The summed E-state index contributed by atoms with van der Waals surface area (Å²) in [5, 5.41) is 0. The number of halogens is 1. The van der Waals surface area contributed by atoms with Crippen LogP contribution in [0.1, 0.15) is 25.7 Å². The van der Waals surface area contributed by atoms with E-state index in [0.29, 0.717) is 16.5 Å². The Balaban J connectivity index is 2.14. The van der Waals surface area contributed by atoms with Crippen molar-refractivity contribution in [2.75, 3.05) is 0 Å². The van der Waals surface area contributed by atoms with Gasteiger partial charge in [0.25, 0.3) is 0 Å². The summed E-state index contributed by atoms with van der Waals surface area (Å²) in [6, 6.07) is 0. The molecular weight excluding hydrogens is 211 g/mol. The Kier molecular flexibility index (Phi) is 3.31. The molecule has 0 atom stereocenters. The molecule has 0 aromatic heterocycles. The van der Waals surface area contributed by atoms with Crippen LogP contribution >= 0.6 is 18.9 Å². The van der Waals surface area contributed by atoms with E-state index in [1.165, 1.54) is 16.9 Å². The third kappa shape index (κ3) is 2.06. The first-order valence-electron chi connectivity index (χ1n) is 2.99. The predicted octanol–water partition coefficient (Wildman–Crippen LogP) is 2.40. The first-order chi connectivity index (χ1) is 3.43. The molecule has 1 saturated carbocycles. The molecule has 7 heavy (non-hydrogen) atoms. The van der Waals surface area contributed by atoms with Gasteiger partial charge < -0.3 is 18.9 Å². The Bertz CT molecular complexity index is 50.0. The van der Waals surface area contributed by atoms with Crippen molar-refractivity contribution in [3.8, 4) is 0 Å². The van der Waals surface area contributed by atoms with E-state index >= 15 is 0 Å². The van der Waals surface area contributed by atoms with E-state index in [1.54, 1.807) is 12.8 Å². The average Bonchev–Trinajstić information content (AvgIpc) is 2.14. The van der Waals surface area contributed by atoms with Crippen molar-refractivity contribution in [1.82, 2.24) is 0 Å². The van der Waals surface area contributed by atoms with Gasteiger partial charge in [-0.3, -0.25) is 0 Å². The van der Waals surface area contributed by atoms with E-state index in [9.17, 15) is 0 Å². The number of rotatable bonds is 1. The van der Waals surface area contributed by atoms with Crippen molar-refractivity contribution in [1.29, 1.82) is 0 Å². The summed E-state index contributed by atoms with van der Waals surface area (Å²) < 4.78 is 1.22. The largest absolute Gasteiger partial charge is 0.467 e. The van der Waals surface area contributed by atoms with Crippen LogP contribution in [0.4, 0.5) is 0 Å². The molecule has 38 valence electrons. The molecule has 0 aromatic carbocycles. The maximum atomic E-state index is 2.63. The molecule has 1 rings (SSSR count). The third-order valence-corrected chi connectivity index (χ3v) is 6.68. The van der Waals surface area contributed by atoms with Crippen LogP contribution in [-0.4, -0.2) is 16.5 Å². The molecule has 1 aliphatic carbocycles. The summed E-state index contributed by atoms with van der Waals surface area (Å²) in [6.45, 7) is 0. The Labute approximate surface area is 64.5 Å². The highest BCUT2D eigenvalue weighted by Gasteiger charge is 2.14. The second-order valence-corrected chi connectivity index (χ2v) is 6.41. The van der Waals surface area contributed by atoms with Crippen molar-refractivity contribution >= 4 is 35.3 Å². The second-order valence-electron chi connectivity index (χ2n) is 2.30. The first kappa shape index (κ1) is 6.61. The molecule has 0 aromatic rings. The molecule has 0 heterocycles. The summed E-state index contributed by atoms with van der Waals surface area (Å²) in [5.74, 6) is 0. The lowest BCUT2D eigenvalue weighted by atomic mass is 10.4. The van der Waals surface area contributed by atoms with E-state index < -0.39 is 0 Å². The smallest absolute Gasteiger partial charge is 0.301 e. The van der Waals surface area contributed by atoms with Gasteiger partial charge in [-0.2, -0.15) is 0 Å². The summed E-state index contributed by atoms with van der Waals surface area (Å²) in [5.41, 5.74) is 0. The van der Waals surface area contributed by atoms with Gasteiger partial charge in [0.1, 0.15) is 0 Å². The van der Waals surface area contributed by atoms with E-state index in [4.69, 9.17) is 0 Å². The van der Waals surface area contributed by atoms with Crippen molar-refractivity contribution in [3.63, 3.8) is 0 Å².